The van der Waals surface area contributed by atoms with E-state index in [1.54, 1.807) is 13.1 Å². The van der Waals surface area contributed by atoms with E-state index in [0.717, 1.165) is 0 Å². The number of amides is 1. The van der Waals surface area contributed by atoms with Crippen LogP contribution in [-0.4, -0.2) is 32.6 Å². The number of carbonyl (C=O) groups is 1. The molecule has 2 N–H and O–H groups in total. The first kappa shape index (κ1) is 10.6. The number of aliphatic hydroxyl groups is 1. The van der Waals surface area contributed by atoms with Crippen LogP contribution in [-0.2, 0) is 11.3 Å². The Bertz CT molecular complexity index is 308. The molecule has 6 nitrogen and oxygen atoms in total. The van der Waals surface area contributed by atoms with Gasteiger partial charge in [0.1, 0.15) is 12.2 Å². The second-order valence-electron chi connectivity index (χ2n) is 2.97. The zero-order chi connectivity index (χ0) is 10.6. The third kappa shape index (κ3) is 2.81. The van der Waals surface area contributed by atoms with Crippen LogP contribution >= 0.6 is 0 Å². The zero-order valence-corrected chi connectivity index (χ0v) is 8.27. The normalized spacial score (nSPS) is 12.5. The maximum Gasteiger partial charge on any atom is 0.241 e. The second kappa shape index (κ2) is 4.71. The molecule has 0 fully saturated rings. The Morgan fingerprint density at radius 3 is 3.00 bits per heavy atom. The van der Waals surface area contributed by atoms with Crippen molar-refractivity contribution in [1.82, 2.24) is 20.3 Å². The fraction of sp³-hybridized carbons (Fsp3) is 0.625. The summed E-state index contributed by atoms with van der Waals surface area (Å²) >= 11 is 0. The summed E-state index contributed by atoms with van der Waals surface area (Å²) in [6.45, 7) is 4.17. The van der Waals surface area contributed by atoms with E-state index in [0.29, 0.717) is 12.2 Å². The largest absolute Gasteiger partial charge is 0.387 e. The van der Waals surface area contributed by atoms with Gasteiger partial charge >= 0.3 is 0 Å². The summed E-state index contributed by atoms with van der Waals surface area (Å²) in [5.41, 5.74) is 0.467. The minimum atomic E-state index is -0.655. The first-order valence-corrected chi connectivity index (χ1v) is 4.48. The van der Waals surface area contributed by atoms with Crippen LogP contribution in [0, 0.1) is 0 Å². The molecule has 1 aromatic rings. The molecule has 0 aliphatic heterocycles. The van der Waals surface area contributed by atoms with Crippen LogP contribution in [0.2, 0.25) is 0 Å². The van der Waals surface area contributed by atoms with Crippen molar-refractivity contribution in [2.75, 3.05) is 6.54 Å². The Balaban J connectivity index is 2.55. The quantitative estimate of drug-likeness (QED) is 0.681. The van der Waals surface area contributed by atoms with Crippen molar-refractivity contribution in [1.29, 1.82) is 0 Å². The number of likely N-dealkylation sites (N-methyl/N-ethyl adjacent to an activating group) is 1. The summed E-state index contributed by atoms with van der Waals surface area (Å²) < 4.78 is 1.40. The van der Waals surface area contributed by atoms with Gasteiger partial charge in [-0.2, -0.15) is 0 Å². The van der Waals surface area contributed by atoms with Gasteiger partial charge < -0.3 is 10.4 Å². The number of nitrogens with zero attached hydrogens (tertiary/aromatic N) is 3. The SMILES string of the molecule is CCNC(=O)Cn1cc(C(C)O)nn1. The van der Waals surface area contributed by atoms with Gasteiger partial charge in [-0.25, -0.2) is 4.68 Å². The van der Waals surface area contributed by atoms with Gasteiger partial charge in [0.15, 0.2) is 0 Å². The molecular weight excluding hydrogens is 184 g/mol. The van der Waals surface area contributed by atoms with Gasteiger partial charge in [-0.3, -0.25) is 4.79 Å². The number of hydrogen-bond acceptors (Lipinski definition) is 4. The highest BCUT2D eigenvalue weighted by Crippen LogP contribution is 2.05. The Labute approximate surface area is 81.9 Å². The lowest BCUT2D eigenvalue weighted by Crippen LogP contribution is -2.27. The maximum atomic E-state index is 11.1. The van der Waals surface area contributed by atoms with Crippen molar-refractivity contribution in [2.24, 2.45) is 0 Å². The molecule has 0 saturated carbocycles. The van der Waals surface area contributed by atoms with Crippen LogP contribution in [0.25, 0.3) is 0 Å². The van der Waals surface area contributed by atoms with E-state index >= 15 is 0 Å². The predicted molar refractivity (Wildman–Crippen MR) is 49.3 cm³/mol. The Hall–Kier alpha value is -1.43. The third-order valence-corrected chi connectivity index (χ3v) is 1.66. The molecule has 0 spiro atoms. The van der Waals surface area contributed by atoms with Crippen molar-refractivity contribution in [3.05, 3.63) is 11.9 Å². The Kier molecular flexibility index (Phi) is 3.58. The van der Waals surface area contributed by atoms with Crippen LogP contribution in [0.1, 0.15) is 25.6 Å². The van der Waals surface area contributed by atoms with Crippen molar-refractivity contribution < 1.29 is 9.90 Å². The highest BCUT2D eigenvalue weighted by atomic mass is 16.3. The fourth-order valence-electron chi connectivity index (χ4n) is 0.982. The first-order valence-electron chi connectivity index (χ1n) is 4.48. The lowest BCUT2D eigenvalue weighted by Gasteiger charge is -2.00. The fourth-order valence-corrected chi connectivity index (χ4v) is 0.982. The van der Waals surface area contributed by atoms with Gasteiger partial charge in [0, 0.05) is 6.54 Å². The van der Waals surface area contributed by atoms with Gasteiger partial charge in [0.25, 0.3) is 0 Å². The van der Waals surface area contributed by atoms with Crippen LogP contribution in [0.3, 0.4) is 0 Å². The predicted octanol–water partition coefficient (Wildman–Crippen LogP) is -0.533. The molecule has 14 heavy (non-hydrogen) atoms. The molecule has 6 heteroatoms. The summed E-state index contributed by atoms with van der Waals surface area (Å²) in [6.07, 6.45) is 0.901. The summed E-state index contributed by atoms with van der Waals surface area (Å²) in [7, 11) is 0. The van der Waals surface area contributed by atoms with Crippen molar-refractivity contribution in [3.63, 3.8) is 0 Å². The van der Waals surface area contributed by atoms with Crippen molar-refractivity contribution >= 4 is 5.91 Å². The van der Waals surface area contributed by atoms with E-state index < -0.39 is 6.10 Å². The monoisotopic (exact) mass is 198 g/mol. The number of carbonyl (C=O) groups excluding carboxylic acids is 1. The Morgan fingerprint density at radius 1 is 1.79 bits per heavy atom. The molecule has 1 unspecified atom stereocenters. The van der Waals surface area contributed by atoms with E-state index in [4.69, 9.17) is 5.11 Å². The van der Waals surface area contributed by atoms with Crippen LogP contribution in [0.4, 0.5) is 0 Å². The minimum absolute atomic E-state index is 0.116. The number of hydrogen-bond donors (Lipinski definition) is 2. The van der Waals surface area contributed by atoms with E-state index in [1.165, 1.54) is 4.68 Å². The molecule has 1 amide bonds. The number of aliphatic hydroxyl groups excluding tert-OH is 1. The minimum Gasteiger partial charge on any atom is -0.387 e. The smallest absolute Gasteiger partial charge is 0.241 e. The molecule has 1 aromatic heterocycles. The number of nitrogens with one attached hydrogen (secondary N) is 1. The van der Waals surface area contributed by atoms with E-state index in [-0.39, 0.29) is 12.5 Å². The van der Waals surface area contributed by atoms with Gasteiger partial charge in [0.2, 0.25) is 5.91 Å². The van der Waals surface area contributed by atoms with Gasteiger partial charge in [-0.05, 0) is 13.8 Å². The second-order valence-corrected chi connectivity index (χ2v) is 2.97. The van der Waals surface area contributed by atoms with Crippen molar-refractivity contribution in [2.45, 2.75) is 26.5 Å². The summed E-state index contributed by atoms with van der Waals surface area (Å²) in [5.74, 6) is -0.116. The van der Waals surface area contributed by atoms with E-state index in [9.17, 15) is 4.79 Å². The van der Waals surface area contributed by atoms with E-state index in [2.05, 4.69) is 15.6 Å². The third-order valence-electron chi connectivity index (χ3n) is 1.66. The van der Waals surface area contributed by atoms with Crippen LogP contribution < -0.4 is 5.32 Å². The average Bonchev–Trinajstić information content (AvgIpc) is 2.53. The summed E-state index contributed by atoms with van der Waals surface area (Å²) in [4.78, 5) is 11.1. The molecule has 1 atom stereocenters. The lowest BCUT2D eigenvalue weighted by atomic mass is 10.3. The first-order chi connectivity index (χ1) is 6.63. The molecule has 1 rings (SSSR count). The zero-order valence-electron chi connectivity index (χ0n) is 8.27. The molecule has 0 radical (unpaired) electrons. The number of rotatable bonds is 4. The molecule has 1 heterocycles. The van der Waals surface area contributed by atoms with Gasteiger partial charge in [-0.1, -0.05) is 5.21 Å². The molecule has 0 aliphatic carbocycles. The van der Waals surface area contributed by atoms with Crippen molar-refractivity contribution in [3.8, 4) is 0 Å². The Morgan fingerprint density at radius 2 is 2.50 bits per heavy atom. The van der Waals surface area contributed by atoms with Gasteiger partial charge in [0.05, 0.1) is 12.3 Å². The highest BCUT2D eigenvalue weighted by Gasteiger charge is 2.08. The standard InChI is InChI=1S/C8H14N4O2/c1-3-9-8(14)5-12-4-7(6(2)13)10-11-12/h4,6,13H,3,5H2,1-2H3,(H,9,14). The topological polar surface area (TPSA) is 80.0 Å². The molecular formula is C8H14N4O2. The van der Waals surface area contributed by atoms with E-state index in [1.807, 2.05) is 6.92 Å². The summed E-state index contributed by atoms with van der Waals surface area (Å²) in [5, 5.41) is 19.2. The van der Waals surface area contributed by atoms with Gasteiger partial charge in [-0.15, -0.1) is 5.10 Å². The van der Waals surface area contributed by atoms with Crippen LogP contribution in [0.5, 0.6) is 0 Å². The molecule has 78 valence electrons. The maximum absolute atomic E-state index is 11.1. The van der Waals surface area contributed by atoms with Crippen LogP contribution in [0.15, 0.2) is 6.20 Å². The molecule has 0 saturated heterocycles. The molecule has 0 aromatic carbocycles. The highest BCUT2D eigenvalue weighted by molar-refractivity contribution is 5.75. The number of aromatic nitrogens is 3. The molecule has 0 aliphatic rings. The summed E-state index contributed by atoms with van der Waals surface area (Å²) in [6, 6.07) is 0. The molecule has 0 bridgehead atoms. The average molecular weight is 198 g/mol. The lowest BCUT2D eigenvalue weighted by molar-refractivity contribution is -0.121.